The lowest BCUT2D eigenvalue weighted by Crippen LogP contribution is -2.21. The van der Waals surface area contributed by atoms with Crippen LogP contribution < -0.4 is 5.32 Å². The van der Waals surface area contributed by atoms with E-state index in [-0.39, 0.29) is 5.91 Å². The summed E-state index contributed by atoms with van der Waals surface area (Å²) in [5.74, 6) is 0.898. The summed E-state index contributed by atoms with van der Waals surface area (Å²) >= 11 is 3.24. The van der Waals surface area contributed by atoms with Crippen LogP contribution in [0.3, 0.4) is 0 Å². The van der Waals surface area contributed by atoms with Crippen LogP contribution in [0.1, 0.15) is 24.9 Å². The van der Waals surface area contributed by atoms with Crippen LogP contribution in [0, 0.1) is 6.92 Å². The highest BCUT2D eigenvalue weighted by Gasteiger charge is 2.17. The van der Waals surface area contributed by atoms with Crippen LogP contribution in [-0.2, 0) is 11.2 Å². The monoisotopic (exact) mass is 397 g/mol. The van der Waals surface area contributed by atoms with Crippen LogP contribution in [-0.4, -0.2) is 32.4 Å². The number of hydrogen-bond donors (Lipinski definition) is 2. The van der Waals surface area contributed by atoms with Gasteiger partial charge in [0.2, 0.25) is 5.91 Å². The zero-order valence-corrected chi connectivity index (χ0v) is 16.7. The van der Waals surface area contributed by atoms with E-state index >= 15 is 0 Å². The largest absolute Gasteiger partial charge is 0.356 e. The first-order chi connectivity index (χ1) is 13.1. The summed E-state index contributed by atoms with van der Waals surface area (Å²) < 4.78 is 1.14. The summed E-state index contributed by atoms with van der Waals surface area (Å²) in [5.41, 5.74) is 6.78. The first-order valence-corrected chi connectivity index (χ1v) is 10.5. The molecule has 1 aromatic carbocycles. The number of H-pyrrole nitrogens is 1. The summed E-state index contributed by atoms with van der Waals surface area (Å²) in [5, 5.41) is 5.81. The fourth-order valence-electron chi connectivity index (χ4n) is 2.90. The number of benzene rings is 1. The Balaban J connectivity index is 1.68. The minimum Gasteiger partial charge on any atom is -0.356 e. The van der Waals surface area contributed by atoms with E-state index in [4.69, 9.17) is 4.98 Å². The van der Waals surface area contributed by atoms with Crippen molar-refractivity contribution >= 4 is 38.8 Å². The van der Waals surface area contributed by atoms with Gasteiger partial charge >= 0.3 is 0 Å². The molecule has 0 aliphatic rings. The Bertz CT molecular complexity index is 1090. The van der Waals surface area contributed by atoms with Crippen molar-refractivity contribution in [2.24, 2.45) is 0 Å². The third-order valence-electron chi connectivity index (χ3n) is 4.15. The van der Waals surface area contributed by atoms with Crippen molar-refractivity contribution in [2.45, 2.75) is 26.7 Å². The second-order valence-corrected chi connectivity index (χ2v) is 8.07. The first kappa shape index (κ1) is 17.8. The number of imidazole rings is 1. The lowest BCUT2D eigenvalue weighted by Gasteiger charge is -2.00. The maximum Gasteiger partial charge on any atom is 0.216 e. The quantitative estimate of drug-likeness (QED) is 0.478. The van der Waals surface area contributed by atoms with Crippen LogP contribution in [0.4, 0.5) is 0 Å². The lowest BCUT2D eigenvalue weighted by atomic mass is 10.1. The fraction of sp³-hybridized carbons (Fsp3) is 0.263. The number of carbonyl (C=O) groups excluding carboxylic acids is 1. The van der Waals surface area contributed by atoms with Crippen molar-refractivity contribution in [3.63, 3.8) is 0 Å². The molecule has 0 aliphatic heterocycles. The second-order valence-electron chi connectivity index (χ2n) is 6.32. The number of aromatic amines is 1. The summed E-state index contributed by atoms with van der Waals surface area (Å²) in [6, 6.07) is 6.22. The third-order valence-corrected chi connectivity index (χ3v) is 5.92. The molecule has 8 heteroatoms. The SMILES string of the molecule is CC(=O)NCCCc1nc(-c2ccc3ncsc3c2)c(-c2nc(C)cs2)[nH]1. The molecular weight excluding hydrogens is 378 g/mol. The summed E-state index contributed by atoms with van der Waals surface area (Å²) in [6.07, 6.45) is 1.59. The van der Waals surface area contributed by atoms with Gasteiger partial charge in [-0.25, -0.2) is 15.0 Å². The molecule has 0 fully saturated rings. The zero-order valence-electron chi connectivity index (χ0n) is 15.1. The number of carbonyl (C=O) groups is 1. The second kappa shape index (κ2) is 7.58. The first-order valence-electron chi connectivity index (χ1n) is 8.69. The van der Waals surface area contributed by atoms with E-state index in [9.17, 15) is 4.79 Å². The molecule has 138 valence electrons. The Kier molecular flexibility index (Phi) is 5.00. The van der Waals surface area contributed by atoms with Gasteiger partial charge in [-0.3, -0.25) is 4.79 Å². The smallest absolute Gasteiger partial charge is 0.216 e. The number of nitrogens with zero attached hydrogens (tertiary/aromatic N) is 3. The van der Waals surface area contributed by atoms with Gasteiger partial charge in [-0.2, -0.15) is 0 Å². The molecule has 27 heavy (non-hydrogen) atoms. The van der Waals surface area contributed by atoms with Crippen LogP contribution in [0.2, 0.25) is 0 Å². The normalized spacial score (nSPS) is 11.2. The number of amides is 1. The highest BCUT2D eigenvalue weighted by Crippen LogP contribution is 2.34. The molecule has 0 unspecified atom stereocenters. The van der Waals surface area contributed by atoms with Crippen molar-refractivity contribution < 1.29 is 4.79 Å². The van der Waals surface area contributed by atoms with Crippen molar-refractivity contribution in [2.75, 3.05) is 6.54 Å². The molecule has 0 bridgehead atoms. The van der Waals surface area contributed by atoms with E-state index in [1.165, 1.54) is 6.92 Å². The summed E-state index contributed by atoms with van der Waals surface area (Å²) in [7, 11) is 0. The molecule has 1 amide bonds. The van der Waals surface area contributed by atoms with E-state index in [0.29, 0.717) is 6.54 Å². The molecule has 0 saturated carbocycles. The number of fused-ring (bicyclic) bond motifs is 1. The molecule has 0 aliphatic carbocycles. The number of nitrogens with one attached hydrogen (secondary N) is 2. The average molecular weight is 398 g/mol. The standard InChI is InChI=1S/C19H19N5OS2/c1-11-9-26-19(22-11)18-17(13-5-6-14-15(8-13)27-10-21-14)23-16(24-18)4-3-7-20-12(2)25/h5-6,8-10H,3-4,7H2,1-2H3,(H,20,25)(H,23,24). The molecular formula is C19H19N5OS2. The van der Waals surface area contributed by atoms with E-state index in [1.807, 2.05) is 23.9 Å². The summed E-state index contributed by atoms with van der Waals surface area (Å²) in [6.45, 7) is 4.17. The molecule has 4 aromatic rings. The van der Waals surface area contributed by atoms with Crippen molar-refractivity contribution in [1.82, 2.24) is 25.3 Å². The number of rotatable bonds is 6. The summed E-state index contributed by atoms with van der Waals surface area (Å²) in [4.78, 5) is 28.3. The Morgan fingerprint density at radius 1 is 1.26 bits per heavy atom. The minimum absolute atomic E-state index is 0.00746. The molecule has 0 spiro atoms. The van der Waals surface area contributed by atoms with Gasteiger partial charge in [-0.1, -0.05) is 6.07 Å². The predicted octanol–water partition coefficient (Wildman–Crippen LogP) is 4.19. The maximum atomic E-state index is 11.0. The van der Waals surface area contributed by atoms with E-state index in [1.54, 1.807) is 22.7 Å². The van der Waals surface area contributed by atoms with E-state index in [2.05, 4.69) is 32.4 Å². The van der Waals surface area contributed by atoms with Gasteiger partial charge in [0.25, 0.3) is 0 Å². The third kappa shape index (κ3) is 3.91. The van der Waals surface area contributed by atoms with Crippen LogP contribution in [0.15, 0.2) is 29.1 Å². The molecule has 0 atom stereocenters. The van der Waals surface area contributed by atoms with Crippen molar-refractivity contribution in [1.29, 1.82) is 0 Å². The van der Waals surface area contributed by atoms with Gasteiger partial charge in [0.05, 0.1) is 21.4 Å². The molecule has 3 aromatic heterocycles. The predicted molar refractivity (Wildman–Crippen MR) is 110 cm³/mol. The van der Waals surface area contributed by atoms with Gasteiger partial charge in [0.1, 0.15) is 16.5 Å². The molecule has 6 nitrogen and oxygen atoms in total. The fourth-order valence-corrected chi connectivity index (χ4v) is 4.41. The maximum absolute atomic E-state index is 11.0. The van der Waals surface area contributed by atoms with Crippen molar-refractivity contribution in [3.8, 4) is 22.0 Å². The molecule has 0 radical (unpaired) electrons. The highest BCUT2D eigenvalue weighted by molar-refractivity contribution is 7.16. The van der Waals surface area contributed by atoms with Gasteiger partial charge in [-0.05, 0) is 25.5 Å². The van der Waals surface area contributed by atoms with Gasteiger partial charge < -0.3 is 10.3 Å². The average Bonchev–Trinajstić information content (AvgIpc) is 3.36. The Hall–Kier alpha value is -2.58. The number of aryl methyl sites for hydroxylation is 2. The Morgan fingerprint density at radius 2 is 2.15 bits per heavy atom. The topological polar surface area (TPSA) is 83.6 Å². The number of hydrogen-bond acceptors (Lipinski definition) is 6. The molecule has 0 saturated heterocycles. The van der Waals surface area contributed by atoms with Crippen molar-refractivity contribution in [3.05, 3.63) is 40.6 Å². The number of aromatic nitrogens is 4. The van der Waals surface area contributed by atoms with E-state index < -0.39 is 0 Å². The molecule has 2 N–H and O–H groups in total. The van der Waals surface area contributed by atoms with Gasteiger partial charge in [-0.15, -0.1) is 22.7 Å². The zero-order chi connectivity index (χ0) is 18.8. The molecule has 4 rings (SSSR count). The minimum atomic E-state index is -0.00746. The van der Waals surface area contributed by atoms with Crippen LogP contribution in [0.25, 0.3) is 32.2 Å². The highest BCUT2D eigenvalue weighted by atomic mass is 32.1. The molecule has 3 heterocycles. The van der Waals surface area contributed by atoms with Gasteiger partial charge in [0, 0.05) is 36.5 Å². The number of thiazole rings is 2. The van der Waals surface area contributed by atoms with Gasteiger partial charge in [0.15, 0.2) is 0 Å². The Labute approximate surface area is 164 Å². The Morgan fingerprint density at radius 3 is 2.93 bits per heavy atom. The van der Waals surface area contributed by atoms with E-state index in [0.717, 1.165) is 56.5 Å². The lowest BCUT2D eigenvalue weighted by molar-refractivity contribution is -0.118. The van der Waals surface area contributed by atoms with Crippen LogP contribution in [0.5, 0.6) is 0 Å². The van der Waals surface area contributed by atoms with Crippen LogP contribution >= 0.6 is 22.7 Å².